The van der Waals surface area contributed by atoms with Crippen LogP contribution in [0.2, 0.25) is 0 Å². The minimum Gasteiger partial charge on any atom is -0.301 e. The molecule has 0 atom stereocenters. The van der Waals surface area contributed by atoms with Crippen LogP contribution < -0.4 is 5.56 Å². The molecule has 0 spiro atoms. The summed E-state index contributed by atoms with van der Waals surface area (Å²) in [7, 11) is 0. The Labute approximate surface area is 148 Å². The molecule has 0 bridgehead atoms. The molecule has 0 aromatic carbocycles. The Morgan fingerprint density at radius 3 is 2.56 bits per heavy atom. The van der Waals surface area contributed by atoms with Gasteiger partial charge in [0.05, 0.1) is 12.2 Å². The lowest BCUT2D eigenvalue weighted by molar-refractivity contribution is 0.163. The van der Waals surface area contributed by atoms with Crippen LogP contribution in [-0.2, 0) is 18.5 Å². The van der Waals surface area contributed by atoms with E-state index >= 15 is 0 Å². The molecule has 7 nitrogen and oxygen atoms in total. The third-order valence-electron chi connectivity index (χ3n) is 4.89. The molecule has 0 aliphatic carbocycles. The molecule has 2 aromatic rings. The second-order valence-corrected chi connectivity index (χ2v) is 7.93. The van der Waals surface area contributed by atoms with Crippen molar-refractivity contribution in [2.24, 2.45) is 5.92 Å². The number of nitrogens with zero attached hydrogens (tertiary/aromatic N) is 6. The SMILES string of the molecule is CC(C)(C)c1ccc(=O)n(CC2CCN(CCn3cncn3)CC2)n1. The van der Waals surface area contributed by atoms with Gasteiger partial charge in [-0.05, 0) is 37.9 Å². The summed E-state index contributed by atoms with van der Waals surface area (Å²) < 4.78 is 3.53. The second-order valence-electron chi connectivity index (χ2n) is 7.93. The zero-order valence-electron chi connectivity index (χ0n) is 15.4. The molecule has 1 fully saturated rings. The van der Waals surface area contributed by atoms with Crippen molar-refractivity contribution in [3.05, 3.63) is 40.8 Å². The molecule has 25 heavy (non-hydrogen) atoms. The van der Waals surface area contributed by atoms with Crippen molar-refractivity contribution in [3.8, 4) is 0 Å². The predicted octanol–water partition coefficient (Wildman–Crippen LogP) is 1.54. The third-order valence-corrected chi connectivity index (χ3v) is 4.89. The first kappa shape index (κ1) is 17.8. The van der Waals surface area contributed by atoms with Crippen LogP contribution in [0.25, 0.3) is 0 Å². The highest BCUT2D eigenvalue weighted by atomic mass is 16.1. The first-order valence-corrected chi connectivity index (χ1v) is 9.05. The Morgan fingerprint density at radius 1 is 1.16 bits per heavy atom. The number of likely N-dealkylation sites (tertiary alicyclic amines) is 1. The Hall–Kier alpha value is -2.02. The van der Waals surface area contributed by atoms with Gasteiger partial charge in [0.15, 0.2) is 0 Å². The van der Waals surface area contributed by atoms with E-state index in [1.165, 1.54) is 0 Å². The zero-order chi connectivity index (χ0) is 17.9. The average Bonchev–Trinajstić information content (AvgIpc) is 3.09. The van der Waals surface area contributed by atoms with E-state index in [2.05, 4.69) is 40.9 Å². The van der Waals surface area contributed by atoms with Crippen molar-refractivity contribution in [2.75, 3.05) is 19.6 Å². The summed E-state index contributed by atoms with van der Waals surface area (Å²) in [6, 6.07) is 3.51. The maximum absolute atomic E-state index is 12.1. The number of piperidine rings is 1. The predicted molar refractivity (Wildman–Crippen MR) is 96.4 cm³/mol. The normalized spacial score (nSPS) is 17.1. The van der Waals surface area contributed by atoms with Gasteiger partial charge in [-0.1, -0.05) is 20.8 Å². The topological polar surface area (TPSA) is 68.8 Å². The summed E-state index contributed by atoms with van der Waals surface area (Å²) in [5, 5.41) is 8.74. The summed E-state index contributed by atoms with van der Waals surface area (Å²) in [6.45, 7) is 11.1. The van der Waals surface area contributed by atoms with Crippen molar-refractivity contribution in [1.82, 2.24) is 29.4 Å². The highest BCUT2D eigenvalue weighted by molar-refractivity contribution is 5.10. The van der Waals surface area contributed by atoms with E-state index in [0.717, 1.165) is 51.3 Å². The van der Waals surface area contributed by atoms with Crippen molar-refractivity contribution < 1.29 is 0 Å². The van der Waals surface area contributed by atoms with Crippen molar-refractivity contribution in [3.63, 3.8) is 0 Å². The van der Waals surface area contributed by atoms with Crippen LogP contribution in [0.4, 0.5) is 0 Å². The van der Waals surface area contributed by atoms with Gasteiger partial charge in [-0.25, -0.2) is 9.67 Å². The van der Waals surface area contributed by atoms with Gasteiger partial charge in [-0.15, -0.1) is 0 Å². The summed E-state index contributed by atoms with van der Waals surface area (Å²) >= 11 is 0. The first-order valence-electron chi connectivity index (χ1n) is 9.05. The van der Waals surface area contributed by atoms with E-state index in [9.17, 15) is 4.79 Å². The zero-order valence-corrected chi connectivity index (χ0v) is 15.4. The highest BCUT2D eigenvalue weighted by Gasteiger charge is 2.21. The van der Waals surface area contributed by atoms with Gasteiger partial charge in [0.25, 0.3) is 5.56 Å². The molecular weight excluding hydrogens is 316 g/mol. The quantitative estimate of drug-likeness (QED) is 0.823. The molecule has 2 aromatic heterocycles. The number of aromatic nitrogens is 5. The monoisotopic (exact) mass is 344 g/mol. The fourth-order valence-electron chi connectivity index (χ4n) is 3.21. The largest absolute Gasteiger partial charge is 0.301 e. The van der Waals surface area contributed by atoms with Crippen LogP contribution in [0.15, 0.2) is 29.6 Å². The summed E-state index contributed by atoms with van der Waals surface area (Å²) in [6.07, 6.45) is 5.53. The fraction of sp³-hybridized carbons (Fsp3) is 0.667. The van der Waals surface area contributed by atoms with Crippen molar-refractivity contribution in [1.29, 1.82) is 0 Å². The van der Waals surface area contributed by atoms with Crippen molar-refractivity contribution >= 4 is 0 Å². The first-order chi connectivity index (χ1) is 11.9. The molecule has 7 heteroatoms. The molecule has 0 amide bonds. The fourth-order valence-corrected chi connectivity index (χ4v) is 3.21. The van der Waals surface area contributed by atoms with Gasteiger partial charge in [0, 0.05) is 24.6 Å². The molecule has 1 aliphatic rings. The lowest BCUT2D eigenvalue weighted by atomic mass is 9.92. The molecule has 0 N–H and O–H groups in total. The minimum absolute atomic E-state index is 0.00149. The van der Waals surface area contributed by atoms with Crippen LogP contribution in [0, 0.1) is 5.92 Å². The molecule has 0 radical (unpaired) electrons. The van der Waals surface area contributed by atoms with E-state index in [-0.39, 0.29) is 11.0 Å². The molecule has 1 aliphatic heterocycles. The lowest BCUT2D eigenvalue weighted by Gasteiger charge is -2.32. The minimum atomic E-state index is -0.0415. The summed E-state index contributed by atoms with van der Waals surface area (Å²) in [5.41, 5.74) is 0.930. The van der Waals surface area contributed by atoms with Gasteiger partial charge in [0.1, 0.15) is 12.7 Å². The number of hydrogen-bond acceptors (Lipinski definition) is 5. The Kier molecular flexibility index (Phi) is 5.32. The number of rotatable bonds is 5. The molecule has 3 rings (SSSR count). The molecule has 0 saturated carbocycles. The summed E-state index contributed by atoms with van der Waals surface area (Å²) in [4.78, 5) is 18.6. The van der Waals surface area contributed by atoms with E-state index < -0.39 is 0 Å². The Bertz CT molecular complexity index is 723. The van der Waals surface area contributed by atoms with Crippen LogP contribution in [0.1, 0.15) is 39.3 Å². The standard InChI is InChI=1S/C18H28N6O/c1-18(2,3)16-4-5-17(25)24(21-16)12-15-6-8-22(9-7-15)10-11-23-14-19-13-20-23/h4-5,13-15H,6-12H2,1-3H3. The molecule has 0 unspecified atom stereocenters. The molecule has 1 saturated heterocycles. The van der Waals surface area contributed by atoms with E-state index in [4.69, 9.17) is 0 Å². The van der Waals surface area contributed by atoms with Gasteiger partial charge in [-0.3, -0.25) is 9.48 Å². The van der Waals surface area contributed by atoms with Crippen molar-refractivity contribution in [2.45, 2.75) is 52.1 Å². The maximum Gasteiger partial charge on any atom is 0.266 e. The van der Waals surface area contributed by atoms with E-state index in [1.54, 1.807) is 23.4 Å². The van der Waals surface area contributed by atoms with Gasteiger partial charge in [-0.2, -0.15) is 10.2 Å². The molecular formula is C18H28N6O. The van der Waals surface area contributed by atoms with Crippen LogP contribution in [0.5, 0.6) is 0 Å². The highest BCUT2D eigenvalue weighted by Crippen LogP contribution is 2.20. The summed E-state index contributed by atoms with van der Waals surface area (Å²) in [5.74, 6) is 0.517. The molecule has 3 heterocycles. The van der Waals surface area contributed by atoms with Gasteiger partial charge >= 0.3 is 0 Å². The van der Waals surface area contributed by atoms with Gasteiger partial charge < -0.3 is 4.90 Å². The maximum atomic E-state index is 12.1. The van der Waals surface area contributed by atoms with Crippen LogP contribution >= 0.6 is 0 Å². The average molecular weight is 344 g/mol. The van der Waals surface area contributed by atoms with Crippen LogP contribution in [-0.4, -0.2) is 49.1 Å². The smallest absolute Gasteiger partial charge is 0.266 e. The second kappa shape index (κ2) is 7.47. The molecule has 136 valence electrons. The van der Waals surface area contributed by atoms with E-state index in [1.807, 2.05) is 10.7 Å². The third kappa shape index (κ3) is 4.75. The van der Waals surface area contributed by atoms with Gasteiger partial charge in [0.2, 0.25) is 0 Å². The Balaban J connectivity index is 1.53. The number of hydrogen-bond donors (Lipinski definition) is 0. The Morgan fingerprint density at radius 2 is 1.92 bits per heavy atom. The lowest BCUT2D eigenvalue weighted by Crippen LogP contribution is -2.38. The van der Waals surface area contributed by atoms with Crippen LogP contribution in [0.3, 0.4) is 0 Å². The van der Waals surface area contributed by atoms with E-state index in [0.29, 0.717) is 5.92 Å².